The van der Waals surface area contributed by atoms with Crippen LogP contribution in [0.15, 0.2) is 46.7 Å². The van der Waals surface area contributed by atoms with Gasteiger partial charge in [-0.1, -0.05) is 69.5 Å². The number of halogens is 2. The lowest BCUT2D eigenvalue weighted by molar-refractivity contribution is -0.117. The van der Waals surface area contributed by atoms with Crippen molar-refractivity contribution in [2.75, 3.05) is 11.9 Å². The minimum Gasteiger partial charge on any atom is -0.291 e. The van der Waals surface area contributed by atoms with Gasteiger partial charge in [0.05, 0.1) is 12.1 Å². The van der Waals surface area contributed by atoms with Gasteiger partial charge < -0.3 is 0 Å². The molecule has 3 rings (SSSR count). The SMILES string of the molecule is Cc1nc(N(C)C(=O)Cc2ccc(-c3cc(F)ccc3F)cc2)sc1S(=O)(=O)N[Si](C)(C)CC(C)(C)C. The summed E-state index contributed by atoms with van der Waals surface area (Å²) in [5.41, 5.74) is 1.65. The monoisotopic (exact) mass is 565 g/mol. The molecule has 0 aliphatic rings. The highest BCUT2D eigenvalue weighted by Crippen LogP contribution is 2.32. The van der Waals surface area contributed by atoms with Crippen molar-refractivity contribution in [1.82, 2.24) is 9.37 Å². The summed E-state index contributed by atoms with van der Waals surface area (Å²) in [6, 6.07) is 10.7. The number of sulfonamides is 1. The van der Waals surface area contributed by atoms with Crippen LogP contribution in [0.1, 0.15) is 32.0 Å². The molecule has 11 heteroatoms. The zero-order chi connectivity index (χ0) is 27.8. The van der Waals surface area contributed by atoms with E-state index >= 15 is 0 Å². The molecule has 0 unspecified atom stereocenters. The van der Waals surface area contributed by atoms with Crippen LogP contribution in [-0.2, 0) is 21.2 Å². The summed E-state index contributed by atoms with van der Waals surface area (Å²) in [4.78, 5) is 18.6. The van der Waals surface area contributed by atoms with Crippen LogP contribution in [0.4, 0.5) is 13.9 Å². The summed E-state index contributed by atoms with van der Waals surface area (Å²) >= 11 is 0.963. The van der Waals surface area contributed by atoms with E-state index in [1.165, 1.54) is 4.90 Å². The van der Waals surface area contributed by atoms with Crippen LogP contribution >= 0.6 is 11.3 Å². The first kappa shape index (κ1) is 29.1. The number of hydrogen-bond donors (Lipinski definition) is 1. The highest BCUT2D eigenvalue weighted by atomic mass is 32.2. The molecule has 6 nitrogen and oxygen atoms in total. The summed E-state index contributed by atoms with van der Waals surface area (Å²) in [5.74, 6) is -1.35. The fourth-order valence-corrected chi connectivity index (χ4v) is 12.9. The van der Waals surface area contributed by atoms with E-state index in [0.29, 0.717) is 16.8 Å². The second-order valence-electron chi connectivity index (χ2n) is 11.0. The van der Waals surface area contributed by atoms with Crippen LogP contribution in [0.25, 0.3) is 11.1 Å². The molecule has 200 valence electrons. The first-order valence-corrected chi connectivity index (χ1v) is 17.3. The Balaban J connectivity index is 1.74. The van der Waals surface area contributed by atoms with E-state index in [1.54, 1.807) is 38.2 Å². The largest absolute Gasteiger partial charge is 0.291 e. The number of carbonyl (C=O) groups is 1. The van der Waals surface area contributed by atoms with Crippen molar-refractivity contribution in [2.24, 2.45) is 5.41 Å². The molecule has 0 fully saturated rings. The molecule has 0 bridgehead atoms. The van der Waals surface area contributed by atoms with Gasteiger partial charge in [0.2, 0.25) is 15.9 Å². The number of hydrogen-bond acceptors (Lipinski definition) is 5. The minimum absolute atomic E-state index is 0.0115. The molecule has 1 amide bonds. The fourth-order valence-electron chi connectivity index (χ4n) is 4.45. The number of aryl methyl sites for hydroxylation is 1. The van der Waals surface area contributed by atoms with Crippen molar-refractivity contribution in [3.05, 3.63) is 65.4 Å². The first-order chi connectivity index (χ1) is 17.0. The molecule has 37 heavy (non-hydrogen) atoms. The molecule has 0 aliphatic heterocycles. The van der Waals surface area contributed by atoms with Crippen LogP contribution in [0.2, 0.25) is 19.1 Å². The smallest absolute Gasteiger partial charge is 0.246 e. The first-order valence-electron chi connectivity index (χ1n) is 11.8. The third-order valence-corrected chi connectivity index (χ3v) is 13.5. The predicted octanol–water partition coefficient (Wildman–Crippen LogP) is 6.13. The van der Waals surface area contributed by atoms with E-state index in [-0.39, 0.29) is 32.6 Å². The zero-order valence-corrected chi connectivity index (χ0v) is 24.8. The van der Waals surface area contributed by atoms with E-state index in [0.717, 1.165) is 35.6 Å². The Morgan fingerprint density at radius 3 is 2.32 bits per heavy atom. The van der Waals surface area contributed by atoms with Gasteiger partial charge in [0.25, 0.3) is 0 Å². The predicted molar refractivity (Wildman–Crippen MR) is 148 cm³/mol. The lowest BCUT2D eigenvalue weighted by Gasteiger charge is -2.30. The maximum Gasteiger partial charge on any atom is 0.246 e. The molecule has 1 N–H and O–H groups in total. The maximum absolute atomic E-state index is 14.1. The molecular formula is C26H33F2N3O3S2Si. The summed E-state index contributed by atoms with van der Waals surface area (Å²) in [6.45, 7) is 11.8. The van der Waals surface area contributed by atoms with E-state index in [1.807, 2.05) is 13.1 Å². The normalized spacial score (nSPS) is 12.6. The number of likely N-dealkylation sites (N-methyl/N-ethyl adjacent to an activating group) is 1. The van der Waals surface area contributed by atoms with Crippen molar-refractivity contribution in [3.63, 3.8) is 0 Å². The molecule has 1 heterocycles. The van der Waals surface area contributed by atoms with Gasteiger partial charge in [-0.3, -0.25) is 9.69 Å². The van der Waals surface area contributed by atoms with E-state index in [9.17, 15) is 22.0 Å². The Bertz CT molecular complexity index is 1400. The third-order valence-electron chi connectivity index (χ3n) is 5.58. The lowest BCUT2D eigenvalue weighted by atomic mass is 10.0. The van der Waals surface area contributed by atoms with Gasteiger partial charge in [0, 0.05) is 12.6 Å². The van der Waals surface area contributed by atoms with Crippen molar-refractivity contribution in [3.8, 4) is 11.1 Å². The quantitative estimate of drug-likeness (QED) is 0.333. The van der Waals surface area contributed by atoms with Gasteiger partial charge in [0.1, 0.15) is 19.9 Å². The average molecular weight is 566 g/mol. The summed E-state index contributed by atoms with van der Waals surface area (Å²) in [6.07, 6.45) is 0.0346. The number of nitrogens with one attached hydrogen (secondary N) is 1. The number of rotatable bonds is 8. The van der Waals surface area contributed by atoms with Crippen molar-refractivity contribution < 1.29 is 22.0 Å². The van der Waals surface area contributed by atoms with Gasteiger partial charge in [-0.25, -0.2) is 26.6 Å². The lowest BCUT2D eigenvalue weighted by Crippen LogP contribution is -2.49. The van der Waals surface area contributed by atoms with E-state index in [2.05, 4.69) is 30.1 Å². The minimum atomic E-state index is -3.78. The molecule has 2 aromatic carbocycles. The van der Waals surface area contributed by atoms with Crippen LogP contribution in [0, 0.1) is 24.0 Å². The van der Waals surface area contributed by atoms with Gasteiger partial charge >= 0.3 is 0 Å². The number of thiazole rings is 1. The second-order valence-corrected chi connectivity index (χ2v) is 18.6. The third kappa shape index (κ3) is 7.53. The average Bonchev–Trinajstić information content (AvgIpc) is 3.15. The Labute approximate surface area is 222 Å². The number of nitrogens with zero attached hydrogens (tertiary/aromatic N) is 2. The van der Waals surface area contributed by atoms with Crippen molar-refractivity contribution >= 4 is 40.6 Å². The number of amides is 1. The topological polar surface area (TPSA) is 79.4 Å². The highest BCUT2D eigenvalue weighted by molar-refractivity contribution is 7.93. The summed E-state index contributed by atoms with van der Waals surface area (Å²) < 4.78 is 57.0. The number of aromatic nitrogens is 1. The molecule has 3 aromatic rings. The number of benzene rings is 2. The Morgan fingerprint density at radius 2 is 1.73 bits per heavy atom. The van der Waals surface area contributed by atoms with Gasteiger partial charge in [-0.05, 0) is 47.7 Å². The Morgan fingerprint density at radius 1 is 1.11 bits per heavy atom. The number of carbonyl (C=O) groups excluding carboxylic acids is 1. The Kier molecular flexibility index (Phi) is 8.43. The molecule has 0 radical (unpaired) electrons. The molecule has 0 saturated heterocycles. The summed E-state index contributed by atoms with van der Waals surface area (Å²) in [5, 5.41) is 0.289. The van der Waals surface area contributed by atoms with Crippen LogP contribution in [0.3, 0.4) is 0 Å². The standard InChI is InChI=1S/C26H33F2N3O3S2Si/c1-17-24(36(33,34)30-37(6,7)16-26(2,3)4)35-25(29-17)31(5)23(32)14-18-8-10-19(11-9-18)21-15-20(27)12-13-22(21)28/h8-13,15,30H,14,16H2,1-7H3. The van der Waals surface area contributed by atoms with Crippen molar-refractivity contribution in [1.29, 1.82) is 0 Å². The highest BCUT2D eigenvalue weighted by Gasteiger charge is 2.35. The Hall–Kier alpha value is -2.47. The van der Waals surface area contributed by atoms with Gasteiger partial charge in [-0.2, -0.15) is 0 Å². The van der Waals surface area contributed by atoms with Crippen LogP contribution < -0.4 is 9.29 Å². The second kappa shape index (κ2) is 10.7. The summed E-state index contributed by atoms with van der Waals surface area (Å²) in [7, 11) is -4.52. The molecule has 1 aromatic heterocycles. The van der Waals surface area contributed by atoms with Crippen LogP contribution in [0.5, 0.6) is 0 Å². The molecule has 0 aliphatic carbocycles. The molecule has 0 spiro atoms. The van der Waals surface area contributed by atoms with E-state index in [4.69, 9.17) is 0 Å². The molecule has 0 atom stereocenters. The zero-order valence-electron chi connectivity index (χ0n) is 22.1. The van der Waals surface area contributed by atoms with E-state index < -0.39 is 29.9 Å². The van der Waals surface area contributed by atoms with Gasteiger partial charge in [0.15, 0.2) is 9.34 Å². The fraction of sp³-hybridized carbons (Fsp3) is 0.385. The van der Waals surface area contributed by atoms with Gasteiger partial charge in [-0.15, -0.1) is 0 Å². The van der Waals surface area contributed by atoms with Crippen molar-refractivity contribution in [2.45, 2.75) is 57.5 Å². The molecular weight excluding hydrogens is 533 g/mol. The molecule has 0 saturated carbocycles. The van der Waals surface area contributed by atoms with Crippen LogP contribution in [-0.4, -0.2) is 34.6 Å². The maximum atomic E-state index is 14.1. The number of anilines is 1.